The second kappa shape index (κ2) is 7.05. The van der Waals surface area contributed by atoms with Crippen LogP contribution in [0.1, 0.15) is 37.7 Å². The van der Waals surface area contributed by atoms with Crippen molar-refractivity contribution in [1.29, 1.82) is 5.26 Å². The largest absolute Gasteiger partial charge is 0.454 e. The third kappa shape index (κ3) is 3.67. The predicted molar refractivity (Wildman–Crippen MR) is 88.9 cm³/mol. The molecule has 0 saturated heterocycles. The number of hydrogen-bond donors (Lipinski definition) is 1. The average Bonchev–Trinajstić information content (AvgIpc) is 3.00. The number of carbonyl (C=O) groups is 1. The van der Waals surface area contributed by atoms with Crippen LogP contribution in [0.5, 0.6) is 11.5 Å². The molecule has 0 unspecified atom stereocenters. The van der Waals surface area contributed by atoms with Gasteiger partial charge >= 0.3 is 0 Å². The molecule has 1 aliphatic heterocycles. The molecule has 6 heteroatoms. The maximum atomic E-state index is 12.3. The maximum Gasteiger partial charge on any atom is 0.262 e. The van der Waals surface area contributed by atoms with Crippen molar-refractivity contribution in [2.75, 3.05) is 6.79 Å². The van der Waals surface area contributed by atoms with Crippen molar-refractivity contribution < 1.29 is 14.3 Å². The Morgan fingerprint density at radius 2 is 1.96 bits per heavy atom. The van der Waals surface area contributed by atoms with E-state index in [1.54, 1.807) is 18.2 Å². The molecule has 1 amide bonds. The van der Waals surface area contributed by atoms with Crippen LogP contribution in [0, 0.1) is 11.3 Å². The lowest BCUT2D eigenvalue weighted by Gasteiger charge is -2.22. The summed E-state index contributed by atoms with van der Waals surface area (Å²) in [5, 5.41) is 12.3. The van der Waals surface area contributed by atoms with E-state index in [0.717, 1.165) is 30.2 Å². The highest BCUT2D eigenvalue weighted by atomic mass is 79.9. The van der Waals surface area contributed by atoms with E-state index < -0.39 is 0 Å². The summed E-state index contributed by atoms with van der Waals surface area (Å²) in [4.78, 5) is 12.3. The number of nitrogens with one attached hydrogen (secondary N) is 1. The molecule has 23 heavy (non-hydrogen) atoms. The van der Waals surface area contributed by atoms with Crippen LogP contribution >= 0.6 is 15.9 Å². The summed E-state index contributed by atoms with van der Waals surface area (Å²) in [7, 11) is 0. The van der Waals surface area contributed by atoms with Crippen LogP contribution in [0.2, 0.25) is 0 Å². The van der Waals surface area contributed by atoms with Gasteiger partial charge < -0.3 is 14.8 Å². The monoisotopic (exact) mass is 376 g/mol. The van der Waals surface area contributed by atoms with Crippen molar-refractivity contribution in [3.05, 3.63) is 27.7 Å². The molecule has 1 aliphatic carbocycles. The van der Waals surface area contributed by atoms with Gasteiger partial charge in [-0.15, -0.1) is 0 Å². The van der Waals surface area contributed by atoms with Crippen LogP contribution in [-0.4, -0.2) is 18.7 Å². The number of amides is 1. The van der Waals surface area contributed by atoms with Crippen LogP contribution in [-0.2, 0) is 4.79 Å². The Morgan fingerprint density at radius 3 is 2.65 bits per heavy atom. The molecule has 5 nitrogen and oxygen atoms in total. The zero-order chi connectivity index (χ0) is 16.2. The summed E-state index contributed by atoms with van der Waals surface area (Å²) in [6.07, 6.45) is 7.02. The molecule has 1 saturated carbocycles. The van der Waals surface area contributed by atoms with E-state index in [4.69, 9.17) is 9.47 Å². The number of fused-ring (bicyclic) bond motifs is 1. The number of carbonyl (C=O) groups excluding carboxylic acids is 1. The molecule has 1 aromatic carbocycles. The van der Waals surface area contributed by atoms with Gasteiger partial charge in [0.15, 0.2) is 11.5 Å². The predicted octanol–water partition coefficient (Wildman–Crippen LogP) is 3.53. The van der Waals surface area contributed by atoms with Gasteiger partial charge in [-0.25, -0.2) is 0 Å². The van der Waals surface area contributed by atoms with Gasteiger partial charge in [0.25, 0.3) is 5.91 Å². The molecular weight excluding hydrogens is 360 g/mol. The van der Waals surface area contributed by atoms with Gasteiger partial charge in [-0.3, -0.25) is 4.79 Å². The first kappa shape index (κ1) is 15.9. The fraction of sp³-hybridized carbons (Fsp3) is 0.412. The molecule has 120 valence electrons. The molecule has 0 aromatic heterocycles. The van der Waals surface area contributed by atoms with E-state index >= 15 is 0 Å². The zero-order valence-corrected chi connectivity index (χ0v) is 14.2. The quantitative estimate of drug-likeness (QED) is 0.646. The maximum absolute atomic E-state index is 12.3. The van der Waals surface area contributed by atoms with Gasteiger partial charge in [0.1, 0.15) is 11.6 Å². The highest BCUT2D eigenvalue weighted by Crippen LogP contribution is 2.37. The van der Waals surface area contributed by atoms with Crippen molar-refractivity contribution in [3.8, 4) is 17.6 Å². The number of hydrogen-bond acceptors (Lipinski definition) is 4. The molecule has 1 aromatic rings. The van der Waals surface area contributed by atoms with Crippen LogP contribution < -0.4 is 14.8 Å². The Bertz CT molecular complexity index is 688. The van der Waals surface area contributed by atoms with Crippen molar-refractivity contribution >= 4 is 27.9 Å². The van der Waals surface area contributed by atoms with Gasteiger partial charge in [-0.05, 0) is 36.6 Å². The molecule has 0 spiro atoms. The lowest BCUT2D eigenvalue weighted by atomic mass is 9.95. The number of nitrogens with zero attached hydrogens (tertiary/aromatic N) is 1. The minimum atomic E-state index is -0.316. The number of rotatable bonds is 3. The Labute approximate surface area is 143 Å². The normalized spacial score (nSPS) is 17.7. The van der Waals surface area contributed by atoms with E-state index in [2.05, 4.69) is 21.2 Å². The van der Waals surface area contributed by atoms with Crippen molar-refractivity contribution in [2.24, 2.45) is 0 Å². The average molecular weight is 377 g/mol. The SMILES string of the molecule is N#C/C(=C/c1cc2c(cc1Br)OCO2)C(=O)NC1CCCCC1. The topological polar surface area (TPSA) is 71.3 Å². The summed E-state index contributed by atoms with van der Waals surface area (Å²) < 4.78 is 11.4. The summed E-state index contributed by atoms with van der Waals surface area (Å²) in [5.41, 5.74) is 0.805. The Kier molecular flexibility index (Phi) is 4.87. The molecule has 0 atom stereocenters. The van der Waals surface area contributed by atoms with Crippen LogP contribution in [0.15, 0.2) is 22.2 Å². The fourth-order valence-corrected chi connectivity index (χ4v) is 3.29. The first-order valence-corrected chi connectivity index (χ1v) is 8.48. The molecule has 2 aliphatic rings. The molecule has 1 heterocycles. The van der Waals surface area contributed by atoms with Crippen LogP contribution in [0.4, 0.5) is 0 Å². The highest BCUT2D eigenvalue weighted by molar-refractivity contribution is 9.10. The van der Waals surface area contributed by atoms with Crippen molar-refractivity contribution in [1.82, 2.24) is 5.32 Å². The van der Waals surface area contributed by atoms with Gasteiger partial charge in [0.2, 0.25) is 6.79 Å². The highest BCUT2D eigenvalue weighted by Gasteiger charge is 2.20. The first-order valence-electron chi connectivity index (χ1n) is 7.69. The van der Waals surface area contributed by atoms with E-state index in [1.165, 1.54) is 6.42 Å². The Hall–Kier alpha value is -2.00. The molecule has 0 radical (unpaired) electrons. The third-order valence-electron chi connectivity index (χ3n) is 4.10. The number of benzene rings is 1. The number of halogens is 1. The van der Waals surface area contributed by atoms with E-state index in [1.807, 2.05) is 6.07 Å². The van der Waals surface area contributed by atoms with Gasteiger partial charge in [0, 0.05) is 10.5 Å². The third-order valence-corrected chi connectivity index (χ3v) is 4.78. The fourth-order valence-electron chi connectivity index (χ4n) is 2.86. The second-order valence-electron chi connectivity index (χ2n) is 5.71. The second-order valence-corrected chi connectivity index (χ2v) is 6.56. The van der Waals surface area contributed by atoms with Crippen LogP contribution in [0.25, 0.3) is 6.08 Å². The Balaban J connectivity index is 1.78. The summed E-state index contributed by atoms with van der Waals surface area (Å²) in [6, 6.07) is 5.71. The lowest BCUT2D eigenvalue weighted by Crippen LogP contribution is -2.36. The van der Waals surface area contributed by atoms with Crippen LogP contribution in [0.3, 0.4) is 0 Å². The molecule has 0 bridgehead atoms. The molecule has 1 N–H and O–H groups in total. The zero-order valence-electron chi connectivity index (χ0n) is 12.6. The minimum absolute atomic E-state index is 0.0927. The van der Waals surface area contributed by atoms with Gasteiger partial charge in [-0.1, -0.05) is 35.2 Å². The number of ether oxygens (including phenoxy) is 2. The number of nitriles is 1. The van der Waals surface area contributed by atoms with Crippen molar-refractivity contribution in [3.63, 3.8) is 0 Å². The Morgan fingerprint density at radius 1 is 1.26 bits per heavy atom. The first-order chi connectivity index (χ1) is 11.2. The van der Waals surface area contributed by atoms with Gasteiger partial charge in [0.05, 0.1) is 0 Å². The smallest absolute Gasteiger partial charge is 0.262 e. The lowest BCUT2D eigenvalue weighted by molar-refractivity contribution is -0.117. The van der Waals surface area contributed by atoms with Gasteiger partial charge in [-0.2, -0.15) is 5.26 Å². The standard InChI is InChI=1S/C17H17BrN2O3/c18-14-8-16-15(22-10-23-16)7-11(14)6-12(9-19)17(21)20-13-4-2-1-3-5-13/h6-8,13H,1-5,10H2,(H,20,21)/b12-6-. The van der Waals surface area contributed by atoms with E-state index in [9.17, 15) is 10.1 Å². The van der Waals surface area contributed by atoms with Crippen molar-refractivity contribution in [2.45, 2.75) is 38.1 Å². The van der Waals surface area contributed by atoms with E-state index in [-0.39, 0.29) is 24.3 Å². The minimum Gasteiger partial charge on any atom is -0.454 e. The molecular formula is C17H17BrN2O3. The van der Waals surface area contributed by atoms with E-state index in [0.29, 0.717) is 17.1 Å². The molecule has 3 rings (SSSR count). The summed E-state index contributed by atoms with van der Waals surface area (Å²) in [6.45, 7) is 0.183. The summed E-state index contributed by atoms with van der Waals surface area (Å²) >= 11 is 3.43. The molecule has 1 fully saturated rings. The summed E-state index contributed by atoms with van der Waals surface area (Å²) in [5.74, 6) is 0.951.